The minimum Gasteiger partial charge on any atom is -0.432 e. The molecule has 30 nitrogen and oxygen atoms in total. The van der Waals surface area contributed by atoms with Gasteiger partial charge in [-0.2, -0.15) is 0 Å². The largest absolute Gasteiger partial charge is 0.432 e. The summed E-state index contributed by atoms with van der Waals surface area (Å²) in [5.41, 5.74) is -4.24. The molecule has 38 atom stereocenters. The quantitative estimate of drug-likeness (QED) is 0.0193. The molecule has 0 bridgehead atoms. The molecule has 0 aromatic carbocycles. The predicted molar refractivity (Wildman–Crippen MR) is 379 cm³/mol. The van der Waals surface area contributed by atoms with Gasteiger partial charge < -0.3 is 138 Å². The van der Waals surface area contributed by atoms with Crippen LogP contribution >= 0.6 is 0 Å². The van der Waals surface area contributed by atoms with Gasteiger partial charge in [-0.05, 0) is 117 Å². The zero-order valence-electron chi connectivity index (χ0n) is 64.9. The monoisotopic (exact) mass is 1540 g/mol. The molecule has 0 aromatic heterocycles. The molecule has 6 aliphatic heterocycles. The summed E-state index contributed by atoms with van der Waals surface area (Å²) in [6, 6.07) is 0. The maximum absolute atomic E-state index is 15.8. The Morgan fingerprint density at radius 2 is 1.13 bits per heavy atom. The molecule has 1 amide bonds. The number of amides is 1. The lowest BCUT2D eigenvalue weighted by atomic mass is 9.33. The number of aliphatic hydroxyl groups excluding tert-OH is 14. The van der Waals surface area contributed by atoms with E-state index >= 15 is 4.79 Å². The number of aliphatic hydroxyl groups is 14. The van der Waals surface area contributed by atoms with Crippen LogP contribution in [0.1, 0.15) is 198 Å². The smallest absolute Gasteiger partial charge is 0.317 e. The molecular formula is C78H129NO29. The SMILES string of the molecule is CCCCCCCCCCCCNC(=O)C1O[C@@H](OC2CC[C@@]3(C)C(CC[C@]4(C)C3CC=C3C5CC(C)(C)CC[C@]5(C(=O)O[C@@H]5OC(C)[C@H](O)[C@H](O)C5O[C@@H]5OC(C)[C@H](O[C@@H]6OC[C@H](O)[C@H](C)C6O)[C@H](C)C5O)[C@H](O)C[C@]34C)[C@]2(C)C=O)C(O[C@@H]2OC(CO)[C@H](O)[C@H](O)C2O)[C@@H](O[C@@H]2OC[C@H](O)[C@H](O)C2O)[C@H]1O. The first-order valence-electron chi connectivity index (χ1n) is 40.2. The van der Waals surface area contributed by atoms with Crippen LogP contribution in [-0.4, -0.2) is 288 Å². The molecule has 15 N–H and O–H groups in total. The van der Waals surface area contributed by atoms with Crippen LogP contribution in [0.4, 0.5) is 0 Å². The molecule has 0 spiro atoms. The van der Waals surface area contributed by atoms with Crippen LogP contribution in [-0.2, 0) is 71.2 Å². The van der Waals surface area contributed by atoms with E-state index in [2.05, 4.69) is 52.9 Å². The van der Waals surface area contributed by atoms with E-state index in [4.69, 9.17) is 56.8 Å². The Kier molecular flexibility index (Phi) is 27.7. The number of allylic oxidation sites excluding steroid dienone is 2. The number of ether oxygens (including phenoxy) is 12. The summed E-state index contributed by atoms with van der Waals surface area (Å²) in [6.45, 7) is 20.1. The van der Waals surface area contributed by atoms with Gasteiger partial charge in [-0.15, -0.1) is 0 Å². The third kappa shape index (κ3) is 16.2. The van der Waals surface area contributed by atoms with Crippen LogP contribution in [0.5, 0.6) is 0 Å². The van der Waals surface area contributed by atoms with Crippen LogP contribution < -0.4 is 5.32 Å². The molecule has 620 valence electrons. The highest BCUT2D eigenvalue weighted by molar-refractivity contribution is 5.82. The lowest BCUT2D eigenvalue weighted by molar-refractivity contribution is -0.391. The average molecular weight is 1540 g/mol. The van der Waals surface area contributed by atoms with Crippen molar-refractivity contribution in [3.05, 3.63) is 11.6 Å². The van der Waals surface area contributed by atoms with Gasteiger partial charge in [-0.25, -0.2) is 0 Å². The van der Waals surface area contributed by atoms with Gasteiger partial charge in [0.1, 0.15) is 97.2 Å². The number of aldehydes is 1. The first-order chi connectivity index (χ1) is 51.0. The molecular weight excluding hydrogens is 1410 g/mol. The summed E-state index contributed by atoms with van der Waals surface area (Å²) in [5.74, 6) is -4.04. The minimum atomic E-state index is -2.03. The predicted octanol–water partition coefficient (Wildman–Crippen LogP) is 1.69. The normalized spacial score (nSPS) is 50.2. The Balaban J connectivity index is 0.851. The lowest BCUT2D eigenvalue weighted by Gasteiger charge is -2.71. The first-order valence-corrected chi connectivity index (χ1v) is 40.2. The number of carbonyl (C=O) groups is 3. The Morgan fingerprint density at radius 3 is 1.80 bits per heavy atom. The van der Waals surface area contributed by atoms with Crippen LogP contribution in [0.2, 0.25) is 0 Å². The van der Waals surface area contributed by atoms with Crippen molar-refractivity contribution in [3.8, 4) is 0 Å². The van der Waals surface area contributed by atoms with Crippen molar-refractivity contribution in [2.24, 2.45) is 62.1 Å². The van der Waals surface area contributed by atoms with Crippen molar-refractivity contribution in [2.75, 3.05) is 26.4 Å². The number of esters is 1. The van der Waals surface area contributed by atoms with Crippen molar-refractivity contribution in [1.29, 1.82) is 0 Å². The standard InChI is InChI=1S/C78H129NO29/c1-12-13-14-15-16-17-18-19-20-21-30-79-65(95)62-59(94)61(104-67-57(92)53(88)44(83)35-98-67)64(107-69-58(93)55(90)54(89)45(33-80)101-69)71(105-62)102-49-25-26-74(8)46(75(49,9)36-81)24-27-76(10)47(74)23-22-41-42-31-73(6,7)28-29-78(42,48(84)32-77(41,76)11)72(96)108-70-63(56(91)52(87)39(4)99-70)106-68-51(86)38(3)60(40(5)100-68)103-66-50(85)37(2)43(82)34-97-66/h22,36-40,42-64,66-71,80,82-94H,12-21,23-35H2,1-11H3,(H,79,95)/t37-,38+,39?,40?,42?,43-,44-,45?,46?,47?,48+,49?,50?,51?,52-,53-,54-,55-,56-,57?,58?,59+,60+,61-,62?,63?,64?,66-,67-,68-,69-,70-,71+,74-,75-,76+,77+,78+/m0/s1. The van der Waals surface area contributed by atoms with E-state index in [0.717, 1.165) is 44.0 Å². The third-order valence-electron chi connectivity index (χ3n) is 28.4. The van der Waals surface area contributed by atoms with Crippen molar-refractivity contribution in [1.82, 2.24) is 5.32 Å². The van der Waals surface area contributed by atoms with Crippen molar-refractivity contribution in [3.63, 3.8) is 0 Å². The van der Waals surface area contributed by atoms with E-state index in [9.17, 15) is 81.1 Å². The molecule has 0 aromatic rings. The fourth-order valence-corrected chi connectivity index (χ4v) is 21.1. The number of fused-ring (bicyclic) bond motifs is 7. The van der Waals surface area contributed by atoms with E-state index in [1.165, 1.54) is 32.6 Å². The van der Waals surface area contributed by atoms with Crippen molar-refractivity contribution >= 4 is 18.2 Å². The van der Waals surface area contributed by atoms with Gasteiger partial charge in [0, 0.05) is 18.4 Å². The summed E-state index contributed by atoms with van der Waals surface area (Å²) in [6.07, 6.45) is -26.5. The summed E-state index contributed by atoms with van der Waals surface area (Å²) < 4.78 is 75.1. The van der Waals surface area contributed by atoms with Crippen LogP contribution in [0.15, 0.2) is 11.6 Å². The lowest BCUT2D eigenvalue weighted by Crippen LogP contribution is -2.70. The van der Waals surface area contributed by atoms with Crippen LogP contribution in [0, 0.1) is 62.1 Å². The maximum atomic E-state index is 15.8. The van der Waals surface area contributed by atoms with Gasteiger partial charge in [0.2, 0.25) is 6.29 Å². The van der Waals surface area contributed by atoms with Gasteiger partial charge in [-0.1, -0.05) is 132 Å². The third-order valence-corrected chi connectivity index (χ3v) is 28.4. The molecule has 11 rings (SSSR count). The molecule has 10 fully saturated rings. The Morgan fingerprint density at radius 1 is 0.537 bits per heavy atom. The van der Waals surface area contributed by atoms with E-state index in [1.54, 1.807) is 20.8 Å². The molecule has 4 saturated carbocycles. The number of rotatable bonds is 26. The number of hydrogen-bond donors (Lipinski definition) is 15. The molecule has 11 aliphatic rings. The van der Waals surface area contributed by atoms with Gasteiger partial charge in [0.05, 0.1) is 61.9 Å². The van der Waals surface area contributed by atoms with E-state index in [0.29, 0.717) is 44.9 Å². The van der Waals surface area contributed by atoms with Crippen LogP contribution in [0.3, 0.4) is 0 Å². The van der Waals surface area contributed by atoms with Crippen molar-refractivity contribution in [2.45, 2.75) is 370 Å². The fourth-order valence-electron chi connectivity index (χ4n) is 21.1. The molecule has 108 heavy (non-hydrogen) atoms. The number of carbonyl (C=O) groups excluding carboxylic acids is 3. The molecule has 14 unspecified atom stereocenters. The Bertz CT molecular complexity index is 3030. The van der Waals surface area contributed by atoms with Crippen molar-refractivity contribution < 1.29 is 143 Å². The summed E-state index contributed by atoms with van der Waals surface area (Å²) in [7, 11) is 0. The van der Waals surface area contributed by atoms with E-state index in [1.807, 2.05) is 6.92 Å². The zero-order valence-corrected chi connectivity index (χ0v) is 64.9. The second kappa shape index (κ2) is 34.7. The Labute approximate surface area is 634 Å². The second-order valence-electron chi connectivity index (χ2n) is 35.6. The van der Waals surface area contributed by atoms with Gasteiger partial charge in [0.15, 0.2) is 43.7 Å². The molecule has 0 radical (unpaired) electrons. The molecule has 5 aliphatic carbocycles. The Hall–Kier alpha value is -2.65. The maximum Gasteiger partial charge on any atom is 0.317 e. The molecule has 6 saturated heterocycles. The number of unbranched alkanes of at least 4 members (excludes halogenated alkanes) is 9. The molecule has 30 heteroatoms. The summed E-state index contributed by atoms with van der Waals surface area (Å²) in [5, 5.41) is 161. The highest BCUT2D eigenvalue weighted by Crippen LogP contribution is 2.76. The highest BCUT2D eigenvalue weighted by Gasteiger charge is 2.73. The van der Waals surface area contributed by atoms with E-state index in [-0.39, 0.29) is 43.7 Å². The van der Waals surface area contributed by atoms with Crippen LogP contribution in [0.25, 0.3) is 0 Å². The number of hydrogen-bond acceptors (Lipinski definition) is 29. The van der Waals surface area contributed by atoms with Gasteiger partial charge in [-0.3, -0.25) is 9.59 Å². The first kappa shape index (κ1) is 86.2. The highest BCUT2D eigenvalue weighted by atomic mass is 16.8. The van der Waals surface area contributed by atoms with E-state index < -0.39 is 248 Å². The summed E-state index contributed by atoms with van der Waals surface area (Å²) >= 11 is 0. The van der Waals surface area contributed by atoms with Gasteiger partial charge in [0.25, 0.3) is 5.91 Å². The number of nitrogens with one attached hydrogen (secondary N) is 1. The fraction of sp³-hybridized carbons (Fsp3) is 0.936. The minimum absolute atomic E-state index is 0.0818. The molecule has 6 heterocycles. The van der Waals surface area contributed by atoms with Gasteiger partial charge >= 0.3 is 5.97 Å². The second-order valence-corrected chi connectivity index (χ2v) is 35.6. The average Bonchev–Trinajstić information content (AvgIpc) is 0.670. The summed E-state index contributed by atoms with van der Waals surface area (Å²) in [4.78, 5) is 44.9. The topological polar surface area (TPSA) is 457 Å². The zero-order chi connectivity index (χ0) is 78.7.